The summed E-state index contributed by atoms with van der Waals surface area (Å²) in [5.41, 5.74) is 0. The lowest BCUT2D eigenvalue weighted by Crippen LogP contribution is -2.33. The zero-order chi connectivity index (χ0) is 21.7. The number of unbranched alkanes of at least 4 members (excludes halogenated alkanes) is 11. The highest BCUT2D eigenvalue weighted by molar-refractivity contribution is 5.82. The van der Waals surface area contributed by atoms with Crippen LogP contribution in [0.2, 0.25) is 0 Å². The molecule has 1 N–H and O–H groups in total. The van der Waals surface area contributed by atoms with Crippen molar-refractivity contribution in [3.05, 3.63) is 12.2 Å². The molecular formula is C25H47NO3. The van der Waals surface area contributed by atoms with Gasteiger partial charge in [0.1, 0.15) is 0 Å². The van der Waals surface area contributed by atoms with Crippen LogP contribution in [0.25, 0.3) is 0 Å². The molecule has 0 rings (SSSR count). The minimum absolute atomic E-state index is 0.0427. The molecule has 1 unspecified atom stereocenters. The van der Waals surface area contributed by atoms with Crippen molar-refractivity contribution in [2.24, 2.45) is 5.92 Å². The average Bonchev–Trinajstić information content (AvgIpc) is 2.70. The van der Waals surface area contributed by atoms with Gasteiger partial charge < -0.3 is 10.0 Å². The second-order valence-electron chi connectivity index (χ2n) is 8.18. The fourth-order valence-electron chi connectivity index (χ4n) is 3.70. The van der Waals surface area contributed by atoms with Crippen LogP contribution in [0.1, 0.15) is 117 Å². The van der Waals surface area contributed by atoms with E-state index < -0.39 is 11.9 Å². The standard InChI is InChI=1S/C25H47NO3/c1-4-7-8-9-10-11-12-13-14-15-16-17-18-19-20-21-23(25(28)29)22-24(27)26(5-2)6-3/h17-18,23H,4-16,19-22H2,1-3H3,(H,28,29)/b18-17+. The highest BCUT2D eigenvalue weighted by Gasteiger charge is 2.22. The summed E-state index contributed by atoms with van der Waals surface area (Å²) in [6.07, 6.45) is 21.6. The largest absolute Gasteiger partial charge is 0.481 e. The van der Waals surface area contributed by atoms with Crippen molar-refractivity contribution in [3.63, 3.8) is 0 Å². The van der Waals surface area contributed by atoms with Gasteiger partial charge in [-0.3, -0.25) is 9.59 Å². The van der Waals surface area contributed by atoms with E-state index >= 15 is 0 Å². The zero-order valence-electron chi connectivity index (χ0n) is 19.5. The molecule has 0 aromatic heterocycles. The van der Waals surface area contributed by atoms with Crippen LogP contribution in [0, 0.1) is 5.92 Å². The smallest absolute Gasteiger partial charge is 0.307 e. The molecule has 0 aromatic carbocycles. The van der Waals surface area contributed by atoms with Gasteiger partial charge in [-0.15, -0.1) is 0 Å². The summed E-state index contributed by atoms with van der Waals surface area (Å²) in [6.45, 7) is 7.40. The first-order valence-electron chi connectivity index (χ1n) is 12.2. The van der Waals surface area contributed by atoms with Crippen molar-refractivity contribution in [1.29, 1.82) is 0 Å². The Morgan fingerprint density at radius 1 is 0.759 bits per heavy atom. The van der Waals surface area contributed by atoms with Crippen molar-refractivity contribution < 1.29 is 14.7 Å². The van der Waals surface area contributed by atoms with Crippen molar-refractivity contribution in [1.82, 2.24) is 4.90 Å². The Balaban J connectivity index is 3.70. The minimum Gasteiger partial charge on any atom is -0.481 e. The summed E-state index contributed by atoms with van der Waals surface area (Å²) < 4.78 is 0. The SMILES string of the molecule is CCCCCCCCCCCC/C=C/CCCC(CC(=O)N(CC)CC)C(=O)O. The number of aliphatic carboxylic acids is 1. The van der Waals surface area contributed by atoms with Crippen molar-refractivity contribution >= 4 is 11.9 Å². The third-order valence-electron chi connectivity index (χ3n) is 5.70. The molecule has 0 aliphatic rings. The molecule has 0 aliphatic carbocycles. The normalized spacial score (nSPS) is 12.4. The van der Waals surface area contributed by atoms with E-state index in [4.69, 9.17) is 0 Å². The number of nitrogens with zero attached hydrogens (tertiary/aromatic N) is 1. The van der Waals surface area contributed by atoms with Gasteiger partial charge in [0.25, 0.3) is 0 Å². The predicted molar refractivity (Wildman–Crippen MR) is 123 cm³/mol. The van der Waals surface area contributed by atoms with E-state index in [0.717, 1.165) is 19.3 Å². The number of rotatable bonds is 20. The van der Waals surface area contributed by atoms with Gasteiger partial charge in [-0.1, -0.05) is 76.9 Å². The number of allylic oxidation sites excluding steroid dienone is 2. The lowest BCUT2D eigenvalue weighted by atomic mass is 9.97. The molecule has 0 bridgehead atoms. The lowest BCUT2D eigenvalue weighted by molar-refractivity contribution is -0.146. The Labute approximate surface area is 180 Å². The Bertz CT molecular complexity index is 430. The van der Waals surface area contributed by atoms with Gasteiger partial charge in [0.05, 0.1) is 5.92 Å². The number of carbonyl (C=O) groups excluding carboxylic acids is 1. The second kappa shape index (κ2) is 20.0. The molecule has 0 aromatic rings. The summed E-state index contributed by atoms with van der Waals surface area (Å²) in [5.74, 6) is -1.45. The first-order chi connectivity index (χ1) is 14.1. The number of carboxylic acid groups (broad SMARTS) is 1. The molecule has 1 amide bonds. The van der Waals surface area contributed by atoms with Gasteiger partial charge >= 0.3 is 5.97 Å². The van der Waals surface area contributed by atoms with E-state index in [1.54, 1.807) is 4.90 Å². The lowest BCUT2D eigenvalue weighted by Gasteiger charge is -2.20. The topological polar surface area (TPSA) is 57.6 Å². The molecule has 0 heterocycles. The van der Waals surface area contributed by atoms with Gasteiger partial charge in [-0.25, -0.2) is 0 Å². The Morgan fingerprint density at radius 3 is 1.72 bits per heavy atom. The summed E-state index contributed by atoms with van der Waals surface area (Å²) in [4.78, 5) is 25.3. The third-order valence-corrected chi connectivity index (χ3v) is 5.70. The summed E-state index contributed by atoms with van der Waals surface area (Å²) in [6, 6.07) is 0. The fraction of sp³-hybridized carbons (Fsp3) is 0.840. The van der Waals surface area contributed by atoms with Gasteiger partial charge in [-0.05, 0) is 46.0 Å². The van der Waals surface area contributed by atoms with Crippen LogP contribution in [0.4, 0.5) is 0 Å². The monoisotopic (exact) mass is 409 g/mol. The third kappa shape index (κ3) is 16.2. The second-order valence-corrected chi connectivity index (χ2v) is 8.18. The van der Waals surface area contributed by atoms with E-state index in [9.17, 15) is 14.7 Å². The predicted octanol–water partition coefficient (Wildman–Crippen LogP) is 6.98. The molecule has 0 spiro atoms. The summed E-state index contributed by atoms with van der Waals surface area (Å²) in [7, 11) is 0. The Morgan fingerprint density at radius 2 is 1.24 bits per heavy atom. The van der Waals surface area contributed by atoms with E-state index in [-0.39, 0.29) is 12.3 Å². The minimum atomic E-state index is -0.847. The average molecular weight is 410 g/mol. The molecule has 0 radical (unpaired) electrons. The highest BCUT2D eigenvalue weighted by Crippen LogP contribution is 2.16. The van der Waals surface area contributed by atoms with Crippen molar-refractivity contribution in [2.45, 2.75) is 117 Å². The molecule has 4 nitrogen and oxygen atoms in total. The van der Waals surface area contributed by atoms with Gasteiger partial charge in [-0.2, -0.15) is 0 Å². The first kappa shape index (κ1) is 27.7. The van der Waals surface area contributed by atoms with Crippen LogP contribution < -0.4 is 0 Å². The van der Waals surface area contributed by atoms with Crippen LogP contribution in [0.3, 0.4) is 0 Å². The van der Waals surface area contributed by atoms with E-state index in [1.807, 2.05) is 13.8 Å². The Kier molecular flexibility index (Phi) is 19.1. The number of amides is 1. The maximum Gasteiger partial charge on any atom is 0.307 e. The van der Waals surface area contributed by atoms with Gasteiger partial charge in [0.2, 0.25) is 5.91 Å². The molecule has 170 valence electrons. The molecule has 0 aliphatic heterocycles. The van der Waals surface area contributed by atoms with E-state index in [2.05, 4.69) is 19.1 Å². The van der Waals surface area contributed by atoms with Crippen LogP contribution in [0.15, 0.2) is 12.2 Å². The van der Waals surface area contributed by atoms with Crippen LogP contribution in [-0.4, -0.2) is 35.0 Å². The molecule has 29 heavy (non-hydrogen) atoms. The number of hydrogen-bond acceptors (Lipinski definition) is 2. The van der Waals surface area contributed by atoms with E-state index in [0.29, 0.717) is 19.5 Å². The number of carboxylic acids is 1. The van der Waals surface area contributed by atoms with Gasteiger partial charge in [0, 0.05) is 19.5 Å². The van der Waals surface area contributed by atoms with Crippen LogP contribution in [-0.2, 0) is 9.59 Å². The quantitative estimate of drug-likeness (QED) is 0.174. The van der Waals surface area contributed by atoms with Crippen molar-refractivity contribution in [2.75, 3.05) is 13.1 Å². The highest BCUT2D eigenvalue weighted by atomic mass is 16.4. The molecule has 0 saturated heterocycles. The maximum atomic E-state index is 12.1. The molecule has 0 fully saturated rings. The van der Waals surface area contributed by atoms with Crippen LogP contribution in [0.5, 0.6) is 0 Å². The fourth-order valence-corrected chi connectivity index (χ4v) is 3.70. The molecule has 1 atom stereocenters. The zero-order valence-corrected chi connectivity index (χ0v) is 19.5. The van der Waals surface area contributed by atoms with Crippen molar-refractivity contribution in [3.8, 4) is 0 Å². The molecule has 0 saturated carbocycles. The summed E-state index contributed by atoms with van der Waals surface area (Å²) >= 11 is 0. The molecular weight excluding hydrogens is 362 g/mol. The maximum absolute atomic E-state index is 12.1. The van der Waals surface area contributed by atoms with E-state index in [1.165, 1.54) is 64.2 Å². The Hall–Kier alpha value is -1.32. The first-order valence-corrected chi connectivity index (χ1v) is 12.2. The number of carbonyl (C=O) groups is 2. The summed E-state index contributed by atoms with van der Waals surface area (Å²) in [5, 5.41) is 9.38. The van der Waals surface area contributed by atoms with Gasteiger partial charge in [0.15, 0.2) is 0 Å². The number of hydrogen-bond donors (Lipinski definition) is 1. The molecule has 4 heteroatoms. The van der Waals surface area contributed by atoms with Crippen LogP contribution >= 0.6 is 0 Å².